The van der Waals surface area contributed by atoms with E-state index >= 15 is 0 Å². The van der Waals surface area contributed by atoms with Gasteiger partial charge < -0.3 is 18.6 Å². The van der Waals surface area contributed by atoms with Gasteiger partial charge in [0.1, 0.15) is 0 Å². The Balaban J connectivity index is 1.56. The maximum Gasteiger partial charge on any atom is 0.306 e. The Kier molecular flexibility index (Phi) is 6.26. The maximum absolute atomic E-state index is 12.2. The first-order chi connectivity index (χ1) is 13.6. The lowest BCUT2D eigenvalue weighted by atomic mass is 10.1. The van der Waals surface area contributed by atoms with Crippen LogP contribution < -0.4 is 9.47 Å². The normalized spacial score (nSPS) is 11.7. The number of carbonyl (C=O) groups is 1. The van der Waals surface area contributed by atoms with E-state index in [0.29, 0.717) is 23.8 Å². The second kappa shape index (κ2) is 9.03. The summed E-state index contributed by atoms with van der Waals surface area (Å²) >= 11 is 0. The van der Waals surface area contributed by atoms with Crippen LogP contribution in [0.4, 0.5) is 0 Å². The lowest BCUT2D eigenvalue weighted by Gasteiger charge is -2.11. The van der Waals surface area contributed by atoms with Gasteiger partial charge in [0.2, 0.25) is 5.89 Å². The molecule has 7 heteroatoms. The van der Waals surface area contributed by atoms with Crippen LogP contribution in [0.15, 0.2) is 52.9 Å². The van der Waals surface area contributed by atoms with E-state index in [0.717, 1.165) is 11.1 Å². The van der Waals surface area contributed by atoms with Gasteiger partial charge in [0.25, 0.3) is 5.89 Å². The maximum atomic E-state index is 12.2. The molecule has 0 aliphatic rings. The van der Waals surface area contributed by atoms with Gasteiger partial charge in [-0.1, -0.05) is 24.3 Å². The fourth-order valence-electron chi connectivity index (χ4n) is 2.69. The lowest BCUT2D eigenvalue weighted by Crippen LogP contribution is -2.10. The van der Waals surface area contributed by atoms with E-state index in [1.54, 1.807) is 21.1 Å². The smallest absolute Gasteiger partial charge is 0.306 e. The quantitative estimate of drug-likeness (QED) is 0.545. The SMILES string of the molecule is COc1ccc(CCC(=O)O[C@H](C)c2nnc(-c3ccccc3)o2)cc1OC. The Morgan fingerprint density at radius 1 is 1.04 bits per heavy atom. The van der Waals surface area contributed by atoms with Gasteiger partial charge in [0.15, 0.2) is 17.6 Å². The molecule has 2 aromatic carbocycles. The molecule has 0 unspecified atom stereocenters. The molecule has 0 fully saturated rings. The number of aromatic nitrogens is 2. The summed E-state index contributed by atoms with van der Waals surface area (Å²) in [6, 6.07) is 15.0. The third-order valence-corrected chi connectivity index (χ3v) is 4.18. The molecular weight excluding hydrogens is 360 g/mol. The van der Waals surface area contributed by atoms with Crippen molar-refractivity contribution in [2.24, 2.45) is 0 Å². The predicted molar refractivity (Wildman–Crippen MR) is 102 cm³/mol. The largest absolute Gasteiger partial charge is 0.493 e. The molecule has 0 N–H and O–H groups in total. The summed E-state index contributed by atoms with van der Waals surface area (Å²) in [5.41, 5.74) is 1.76. The van der Waals surface area contributed by atoms with Crippen molar-refractivity contribution in [1.82, 2.24) is 10.2 Å². The Labute approximate surface area is 163 Å². The average molecular weight is 382 g/mol. The number of esters is 1. The Morgan fingerprint density at radius 3 is 2.50 bits per heavy atom. The summed E-state index contributed by atoms with van der Waals surface area (Å²) in [6.45, 7) is 1.70. The van der Waals surface area contributed by atoms with Crippen molar-refractivity contribution < 1.29 is 23.4 Å². The van der Waals surface area contributed by atoms with E-state index in [2.05, 4.69) is 10.2 Å². The zero-order valence-corrected chi connectivity index (χ0v) is 16.0. The van der Waals surface area contributed by atoms with Gasteiger partial charge in [-0.25, -0.2) is 0 Å². The van der Waals surface area contributed by atoms with Crippen molar-refractivity contribution in [1.29, 1.82) is 0 Å². The number of hydrogen-bond acceptors (Lipinski definition) is 7. The van der Waals surface area contributed by atoms with Gasteiger partial charge in [0.05, 0.1) is 14.2 Å². The standard InChI is InChI=1S/C21H22N2O5/c1-14(20-22-23-21(28-20)16-7-5-4-6-8-16)27-19(24)12-10-15-9-11-17(25-2)18(13-15)26-3/h4-9,11,13-14H,10,12H2,1-3H3/t14-/m1/s1. The summed E-state index contributed by atoms with van der Waals surface area (Å²) in [6.07, 6.45) is 0.118. The monoisotopic (exact) mass is 382 g/mol. The fraction of sp³-hybridized carbons (Fsp3) is 0.286. The molecule has 3 aromatic rings. The van der Waals surface area contributed by atoms with E-state index in [4.69, 9.17) is 18.6 Å². The average Bonchev–Trinajstić information content (AvgIpc) is 3.23. The molecule has 0 radical (unpaired) electrons. The highest BCUT2D eigenvalue weighted by Gasteiger charge is 2.19. The highest BCUT2D eigenvalue weighted by molar-refractivity contribution is 5.70. The van der Waals surface area contributed by atoms with E-state index < -0.39 is 6.10 Å². The minimum Gasteiger partial charge on any atom is -0.493 e. The van der Waals surface area contributed by atoms with Crippen LogP contribution in [0, 0.1) is 0 Å². The van der Waals surface area contributed by atoms with Gasteiger partial charge in [0, 0.05) is 12.0 Å². The Morgan fingerprint density at radius 2 is 1.79 bits per heavy atom. The molecule has 146 valence electrons. The first-order valence-electron chi connectivity index (χ1n) is 8.90. The molecule has 3 rings (SSSR count). The van der Waals surface area contributed by atoms with Gasteiger partial charge >= 0.3 is 5.97 Å². The molecule has 0 spiro atoms. The van der Waals surface area contributed by atoms with Crippen molar-refractivity contribution in [3.63, 3.8) is 0 Å². The van der Waals surface area contributed by atoms with Gasteiger partial charge in [-0.3, -0.25) is 4.79 Å². The highest BCUT2D eigenvalue weighted by Crippen LogP contribution is 2.28. The van der Waals surface area contributed by atoms with Gasteiger partial charge in [-0.05, 0) is 43.2 Å². The second-order valence-corrected chi connectivity index (χ2v) is 6.13. The van der Waals surface area contributed by atoms with Crippen LogP contribution in [0.1, 0.15) is 30.9 Å². The Hall–Kier alpha value is -3.35. The number of rotatable bonds is 8. The van der Waals surface area contributed by atoms with Crippen LogP contribution in [0.3, 0.4) is 0 Å². The van der Waals surface area contributed by atoms with Crippen LogP contribution in [-0.4, -0.2) is 30.4 Å². The number of nitrogens with zero attached hydrogens (tertiary/aromatic N) is 2. The first-order valence-corrected chi connectivity index (χ1v) is 8.90. The summed E-state index contributed by atoms with van der Waals surface area (Å²) < 4.78 is 21.5. The van der Waals surface area contributed by atoms with Gasteiger partial charge in [-0.15, -0.1) is 10.2 Å². The molecular formula is C21H22N2O5. The topological polar surface area (TPSA) is 83.7 Å². The predicted octanol–water partition coefficient (Wildman–Crippen LogP) is 3.99. The number of ether oxygens (including phenoxy) is 3. The van der Waals surface area contributed by atoms with Crippen molar-refractivity contribution >= 4 is 5.97 Å². The minimum atomic E-state index is -0.622. The second-order valence-electron chi connectivity index (χ2n) is 6.13. The third kappa shape index (κ3) is 4.68. The summed E-state index contributed by atoms with van der Waals surface area (Å²) in [5.74, 6) is 1.58. The van der Waals surface area contributed by atoms with Crippen LogP contribution in [0.2, 0.25) is 0 Å². The van der Waals surface area contributed by atoms with Gasteiger partial charge in [-0.2, -0.15) is 0 Å². The molecule has 0 aliphatic carbocycles. The van der Waals surface area contributed by atoms with Crippen molar-refractivity contribution in [2.75, 3.05) is 14.2 Å². The van der Waals surface area contributed by atoms with Crippen LogP contribution in [0.5, 0.6) is 11.5 Å². The number of carbonyl (C=O) groups excluding carboxylic acids is 1. The molecule has 7 nitrogen and oxygen atoms in total. The fourth-order valence-corrected chi connectivity index (χ4v) is 2.69. The summed E-state index contributed by atoms with van der Waals surface area (Å²) in [4.78, 5) is 12.2. The van der Waals surface area contributed by atoms with Crippen LogP contribution in [0.25, 0.3) is 11.5 Å². The first kappa shape index (κ1) is 19.4. The van der Waals surface area contributed by atoms with E-state index in [-0.39, 0.29) is 18.3 Å². The third-order valence-electron chi connectivity index (χ3n) is 4.18. The zero-order chi connectivity index (χ0) is 19.9. The molecule has 28 heavy (non-hydrogen) atoms. The molecule has 0 saturated carbocycles. The van der Waals surface area contributed by atoms with Crippen molar-refractivity contribution in [3.05, 3.63) is 60.0 Å². The lowest BCUT2D eigenvalue weighted by molar-refractivity contribution is -0.149. The number of methoxy groups -OCH3 is 2. The minimum absolute atomic E-state index is 0.222. The van der Waals surface area contributed by atoms with Crippen LogP contribution >= 0.6 is 0 Å². The van der Waals surface area contributed by atoms with Crippen LogP contribution in [-0.2, 0) is 16.0 Å². The highest BCUT2D eigenvalue weighted by atomic mass is 16.6. The van der Waals surface area contributed by atoms with Crippen molar-refractivity contribution in [2.45, 2.75) is 25.9 Å². The van der Waals surface area contributed by atoms with E-state index in [1.807, 2.05) is 48.5 Å². The molecule has 1 aromatic heterocycles. The molecule has 0 saturated heterocycles. The molecule has 1 atom stereocenters. The van der Waals surface area contributed by atoms with E-state index in [1.165, 1.54) is 0 Å². The van der Waals surface area contributed by atoms with Crippen molar-refractivity contribution in [3.8, 4) is 23.0 Å². The summed E-state index contributed by atoms with van der Waals surface area (Å²) in [7, 11) is 3.16. The van der Waals surface area contributed by atoms with E-state index in [9.17, 15) is 4.79 Å². The molecule has 0 amide bonds. The number of benzene rings is 2. The Bertz CT molecular complexity index is 924. The molecule has 0 bridgehead atoms. The molecule has 0 aliphatic heterocycles. The molecule has 1 heterocycles. The number of hydrogen-bond donors (Lipinski definition) is 0. The summed E-state index contributed by atoms with van der Waals surface area (Å²) in [5, 5.41) is 7.99. The zero-order valence-electron chi connectivity index (χ0n) is 16.0. The number of aryl methyl sites for hydroxylation is 1.